The number of aliphatic hydroxyl groups excluding tert-OH is 1. The Morgan fingerprint density at radius 3 is 2.19 bits per heavy atom. The van der Waals surface area contributed by atoms with E-state index in [0.717, 1.165) is 32.5 Å². The van der Waals surface area contributed by atoms with Crippen LogP contribution >= 0.6 is 0 Å². The summed E-state index contributed by atoms with van der Waals surface area (Å²) in [6.45, 7) is 3.40. The zero-order valence-electron chi connectivity index (χ0n) is 10.5. The molecule has 0 amide bonds. The molecular weight excluding hydrogens is 204 g/mol. The lowest BCUT2D eigenvalue weighted by atomic mass is 10.1. The van der Waals surface area contributed by atoms with E-state index >= 15 is 0 Å². The second-order valence-corrected chi connectivity index (χ2v) is 4.72. The molecule has 0 unspecified atom stereocenters. The van der Waals surface area contributed by atoms with E-state index in [0.29, 0.717) is 0 Å². The largest absolute Gasteiger partial charge is 0.393 e. The average Bonchev–Trinajstić information content (AvgIpc) is 2.74. The fourth-order valence-corrected chi connectivity index (χ4v) is 2.03. The van der Waals surface area contributed by atoms with E-state index in [9.17, 15) is 0 Å². The monoisotopic (exact) mass is 230 g/mol. The van der Waals surface area contributed by atoms with Crippen molar-refractivity contribution in [2.75, 3.05) is 13.2 Å². The Morgan fingerprint density at radius 1 is 1.00 bits per heavy atom. The molecule has 0 aliphatic carbocycles. The second kappa shape index (κ2) is 8.97. The highest BCUT2D eigenvalue weighted by Crippen LogP contribution is 2.14. The molecule has 0 radical (unpaired) electrons. The Hall–Kier alpha value is -0.120. The van der Waals surface area contributed by atoms with Gasteiger partial charge in [0.25, 0.3) is 0 Å². The van der Waals surface area contributed by atoms with E-state index in [1.165, 1.54) is 32.1 Å². The van der Waals surface area contributed by atoms with E-state index in [2.05, 4.69) is 0 Å². The minimum absolute atomic E-state index is 0.0789. The second-order valence-electron chi connectivity index (χ2n) is 4.72. The van der Waals surface area contributed by atoms with Crippen molar-refractivity contribution in [3.63, 3.8) is 0 Å². The first-order valence-electron chi connectivity index (χ1n) is 6.70. The molecule has 1 rings (SSSR count). The van der Waals surface area contributed by atoms with Crippen LogP contribution in [0.5, 0.6) is 0 Å². The molecule has 0 saturated carbocycles. The van der Waals surface area contributed by atoms with Crippen molar-refractivity contribution in [3.8, 4) is 0 Å². The lowest BCUT2D eigenvalue weighted by molar-refractivity contribution is -0.0480. The maximum atomic E-state index is 9.09. The quantitative estimate of drug-likeness (QED) is 0.619. The number of hydrogen-bond donors (Lipinski definition) is 1. The molecule has 3 nitrogen and oxygen atoms in total. The van der Waals surface area contributed by atoms with Crippen molar-refractivity contribution in [3.05, 3.63) is 0 Å². The topological polar surface area (TPSA) is 38.7 Å². The molecule has 0 aromatic heterocycles. The van der Waals surface area contributed by atoms with Crippen LogP contribution < -0.4 is 0 Å². The van der Waals surface area contributed by atoms with Gasteiger partial charge in [-0.1, -0.05) is 32.1 Å². The Bertz CT molecular complexity index is 153. The molecule has 1 atom stereocenters. The van der Waals surface area contributed by atoms with E-state index in [1.807, 2.05) is 6.92 Å². The maximum Gasteiger partial charge on any atom is 0.157 e. The number of ether oxygens (including phenoxy) is 2. The van der Waals surface area contributed by atoms with Crippen LogP contribution in [-0.4, -0.2) is 30.7 Å². The summed E-state index contributed by atoms with van der Waals surface area (Å²) >= 11 is 0. The lowest BCUT2D eigenvalue weighted by Crippen LogP contribution is -2.06. The van der Waals surface area contributed by atoms with Gasteiger partial charge < -0.3 is 14.6 Å². The summed E-state index contributed by atoms with van der Waals surface area (Å²) in [5.74, 6) is 0. The van der Waals surface area contributed by atoms with Crippen LogP contribution in [0.15, 0.2) is 0 Å². The van der Waals surface area contributed by atoms with Crippen LogP contribution in [0, 0.1) is 0 Å². The summed E-state index contributed by atoms with van der Waals surface area (Å²) in [7, 11) is 0. The number of unbranched alkanes of at least 4 members (excludes halogenated alkanes) is 5. The number of aliphatic hydroxyl groups is 1. The van der Waals surface area contributed by atoms with E-state index in [1.54, 1.807) is 0 Å². The third-order valence-corrected chi connectivity index (χ3v) is 3.00. The van der Waals surface area contributed by atoms with E-state index < -0.39 is 0 Å². The molecule has 3 heteroatoms. The molecule has 1 aliphatic heterocycles. The van der Waals surface area contributed by atoms with E-state index in [4.69, 9.17) is 14.6 Å². The summed E-state index contributed by atoms with van der Waals surface area (Å²) in [5.41, 5.74) is 0. The number of rotatable bonds is 9. The average molecular weight is 230 g/mol. The zero-order valence-corrected chi connectivity index (χ0v) is 10.5. The molecule has 0 aromatic carbocycles. The Morgan fingerprint density at radius 2 is 1.56 bits per heavy atom. The SMILES string of the molecule is C[C@H](O)CCCCCCCCC1OCCO1. The summed E-state index contributed by atoms with van der Waals surface area (Å²) in [5, 5.41) is 9.09. The zero-order chi connectivity index (χ0) is 11.6. The molecule has 1 N–H and O–H groups in total. The Labute approximate surface area is 99.1 Å². The Kier molecular flexibility index (Phi) is 7.81. The first-order valence-corrected chi connectivity index (χ1v) is 6.70. The molecule has 0 aromatic rings. The molecule has 1 aliphatic rings. The van der Waals surface area contributed by atoms with E-state index in [-0.39, 0.29) is 12.4 Å². The third kappa shape index (κ3) is 7.20. The predicted octanol–water partition coefficient (Wildman–Crippen LogP) is 2.86. The van der Waals surface area contributed by atoms with Crippen LogP contribution in [0.2, 0.25) is 0 Å². The van der Waals surface area contributed by atoms with Gasteiger partial charge in [-0.05, 0) is 26.2 Å². The molecule has 0 bridgehead atoms. The van der Waals surface area contributed by atoms with Gasteiger partial charge in [0, 0.05) is 0 Å². The van der Waals surface area contributed by atoms with Gasteiger partial charge in [-0.15, -0.1) is 0 Å². The van der Waals surface area contributed by atoms with Gasteiger partial charge in [-0.3, -0.25) is 0 Å². The van der Waals surface area contributed by atoms with Gasteiger partial charge in [-0.2, -0.15) is 0 Å². The summed E-state index contributed by atoms with van der Waals surface area (Å²) in [4.78, 5) is 0. The van der Waals surface area contributed by atoms with Crippen LogP contribution in [0.3, 0.4) is 0 Å². The predicted molar refractivity (Wildman–Crippen MR) is 64.3 cm³/mol. The first-order chi connectivity index (χ1) is 7.79. The van der Waals surface area contributed by atoms with Gasteiger partial charge in [0.15, 0.2) is 6.29 Å². The Balaban J connectivity index is 1.74. The van der Waals surface area contributed by atoms with Crippen molar-refractivity contribution in [2.24, 2.45) is 0 Å². The fraction of sp³-hybridized carbons (Fsp3) is 1.00. The van der Waals surface area contributed by atoms with Crippen LogP contribution in [-0.2, 0) is 9.47 Å². The van der Waals surface area contributed by atoms with Gasteiger partial charge in [0.1, 0.15) is 0 Å². The summed E-state index contributed by atoms with van der Waals surface area (Å²) < 4.78 is 10.7. The molecule has 0 spiro atoms. The molecule has 1 fully saturated rings. The highest BCUT2D eigenvalue weighted by molar-refractivity contribution is 4.54. The highest BCUT2D eigenvalue weighted by atomic mass is 16.7. The van der Waals surface area contributed by atoms with Gasteiger partial charge in [-0.25, -0.2) is 0 Å². The van der Waals surface area contributed by atoms with Crippen molar-refractivity contribution in [2.45, 2.75) is 70.7 Å². The highest BCUT2D eigenvalue weighted by Gasteiger charge is 2.14. The lowest BCUT2D eigenvalue weighted by Gasteiger charge is -2.08. The molecular formula is C13H26O3. The molecule has 96 valence electrons. The minimum Gasteiger partial charge on any atom is -0.393 e. The number of hydrogen-bond acceptors (Lipinski definition) is 3. The molecule has 16 heavy (non-hydrogen) atoms. The summed E-state index contributed by atoms with van der Waals surface area (Å²) in [6.07, 6.45) is 9.43. The van der Waals surface area contributed by atoms with Crippen molar-refractivity contribution in [1.82, 2.24) is 0 Å². The third-order valence-electron chi connectivity index (χ3n) is 3.00. The van der Waals surface area contributed by atoms with Gasteiger partial charge in [0.2, 0.25) is 0 Å². The normalized spacial score (nSPS) is 19.1. The van der Waals surface area contributed by atoms with Gasteiger partial charge >= 0.3 is 0 Å². The van der Waals surface area contributed by atoms with Crippen molar-refractivity contribution < 1.29 is 14.6 Å². The van der Waals surface area contributed by atoms with Crippen LogP contribution in [0.25, 0.3) is 0 Å². The standard InChI is InChI=1S/C13H26O3/c1-12(14)8-6-4-2-3-5-7-9-13-15-10-11-16-13/h12-14H,2-11H2,1H3/t12-/m0/s1. The van der Waals surface area contributed by atoms with Gasteiger partial charge in [0.05, 0.1) is 19.3 Å². The van der Waals surface area contributed by atoms with Crippen LogP contribution in [0.1, 0.15) is 58.3 Å². The first kappa shape index (κ1) is 13.9. The fourth-order valence-electron chi connectivity index (χ4n) is 2.03. The smallest absolute Gasteiger partial charge is 0.157 e. The summed E-state index contributed by atoms with van der Waals surface area (Å²) in [6, 6.07) is 0. The molecule has 1 heterocycles. The van der Waals surface area contributed by atoms with Crippen molar-refractivity contribution >= 4 is 0 Å². The van der Waals surface area contributed by atoms with Crippen LogP contribution in [0.4, 0.5) is 0 Å². The maximum absolute atomic E-state index is 9.09. The van der Waals surface area contributed by atoms with Crippen molar-refractivity contribution in [1.29, 1.82) is 0 Å². The molecule has 1 saturated heterocycles. The minimum atomic E-state index is -0.128.